The number of urea groups is 1. The molecule has 36 heavy (non-hydrogen) atoms. The van der Waals surface area contributed by atoms with E-state index in [1.54, 1.807) is 24.3 Å². The van der Waals surface area contributed by atoms with Crippen molar-refractivity contribution < 1.29 is 23.5 Å². The predicted octanol–water partition coefficient (Wildman–Crippen LogP) is 7.35. The molecular formula is C28H29F2N3O3. The fourth-order valence-electron chi connectivity index (χ4n) is 4.83. The number of aromatic carboxylic acids is 1. The van der Waals surface area contributed by atoms with Gasteiger partial charge in [0.2, 0.25) is 0 Å². The number of para-hydroxylation sites is 1. The summed E-state index contributed by atoms with van der Waals surface area (Å²) in [7, 11) is 0. The van der Waals surface area contributed by atoms with Crippen molar-refractivity contribution in [2.45, 2.75) is 45.1 Å². The lowest BCUT2D eigenvalue weighted by Crippen LogP contribution is -2.28. The smallest absolute Gasteiger partial charge is 0.336 e. The largest absolute Gasteiger partial charge is 0.478 e. The molecule has 0 saturated heterocycles. The summed E-state index contributed by atoms with van der Waals surface area (Å²) in [4.78, 5) is 24.6. The Hall–Kier alpha value is -3.94. The Morgan fingerprint density at radius 1 is 0.944 bits per heavy atom. The number of rotatable bonds is 8. The molecule has 1 fully saturated rings. The Labute approximate surface area is 208 Å². The average molecular weight is 494 g/mol. The van der Waals surface area contributed by atoms with Gasteiger partial charge >= 0.3 is 12.0 Å². The molecule has 4 N–H and O–H groups in total. The number of hydrogen-bond acceptors (Lipinski definition) is 3. The van der Waals surface area contributed by atoms with Crippen LogP contribution < -0.4 is 16.0 Å². The second-order valence-corrected chi connectivity index (χ2v) is 9.02. The summed E-state index contributed by atoms with van der Waals surface area (Å²) in [5.41, 5.74) is 1.60. The van der Waals surface area contributed by atoms with Crippen LogP contribution in [-0.4, -0.2) is 23.1 Å². The molecule has 1 unspecified atom stereocenters. The number of nitrogens with one attached hydrogen (secondary N) is 3. The van der Waals surface area contributed by atoms with Gasteiger partial charge in [-0.3, -0.25) is 0 Å². The molecule has 3 aromatic carbocycles. The number of anilines is 3. The van der Waals surface area contributed by atoms with Gasteiger partial charge in [0.1, 0.15) is 11.6 Å². The maximum Gasteiger partial charge on any atom is 0.336 e. The molecule has 3 aromatic rings. The molecule has 2 amide bonds. The van der Waals surface area contributed by atoms with Gasteiger partial charge in [0.15, 0.2) is 0 Å². The van der Waals surface area contributed by atoms with Crippen LogP contribution in [0.1, 0.15) is 49.4 Å². The first-order chi connectivity index (χ1) is 17.4. The molecule has 4 rings (SSSR count). The number of carbonyl (C=O) groups is 2. The van der Waals surface area contributed by atoms with Crippen LogP contribution >= 0.6 is 0 Å². The minimum absolute atomic E-state index is 0.0244. The third kappa shape index (κ3) is 5.82. The molecule has 1 aliphatic rings. The number of halogens is 2. The standard InChI is InChI=1S/C28H29F2N3O3/c1-2-23(17-7-3-4-8-17)31-25-14-11-18(21-16-19(29)12-13-20(21)27(34)35)15-26(25)33-28(36)32-24-10-6-5-9-22(24)30/h5-6,9-17,23,31H,2-4,7-8H2,1H3,(H,34,35)(H2,32,33,36). The fourth-order valence-corrected chi connectivity index (χ4v) is 4.83. The van der Waals surface area contributed by atoms with Crippen LogP contribution in [0.3, 0.4) is 0 Å². The van der Waals surface area contributed by atoms with Crippen LogP contribution in [0.25, 0.3) is 11.1 Å². The summed E-state index contributed by atoms with van der Waals surface area (Å²) in [6.07, 6.45) is 5.53. The van der Waals surface area contributed by atoms with Gasteiger partial charge in [-0.15, -0.1) is 0 Å². The third-order valence-corrected chi connectivity index (χ3v) is 6.66. The first kappa shape index (κ1) is 25.2. The molecule has 188 valence electrons. The lowest BCUT2D eigenvalue weighted by molar-refractivity contribution is 0.0697. The van der Waals surface area contributed by atoms with E-state index < -0.39 is 23.6 Å². The van der Waals surface area contributed by atoms with Crippen LogP contribution in [-0.2, 0) is 0 Å². The summed E-state index contributed by atoms with van der Waals surface area (Å²) in [5, 5.41) is 18.4. The molecule has 8 heteroatoms. The summed E-state index contributed by atoms with van der Waals surface area (Å²) in [5.74, 6) is -1.82. The molecule has 6 nitrogen and oxygen atoms in total. The zero-order valence-electron chi connectivity index (χ0n) is 20.0. The van der Waals surface area contributed by atoms with Crippen molar-refractivity contribution in [2.75, 3.05) is 16.0 Å². The van der Waals surface area contributed by atoms with Gasteiger partial charge < -0.3 is 21.1 Å². The number of hydrogen-bond donors (Lipinski definition) is 4. The molecule has 0 bridgehead atoms. The second-order valence-electron chi connectivity index (χ2n) is 9.02. The SMILES string of the molecule is CCC(Nc1ccc(-c2cc(F)ccc2C(=O)O)cc1NC(=O)Nc1ccccc1F)C1CCCC1. The quantitative estimate of drug-likeness (QED) is 0.264. The third-order valence-electron chi connectivity index (χ3n) is 6.66. The van der Waals surface area contributed by atoms with Gasteiger partial charge in [0, 0.05) is 6.04 Å². The molecule has 0 heterocycles. The molecule has 0 radical (unpaired) electrons. The van der Waals surface area contributed by atoms with E-state index in [0.717, 1.165) is 31.4 Å². The van der Waals surface area contributed by atoms with Crippen molar-refractivity contribution in [3.05, 3.63) is 77.9 Å². The lowest BCUT2D eigenvalue weighted by atomic mass is 9.95. The molecule has 1 saturated carbocycles. The van der Waals surface area contributed by atoms with Crippen molar-refractivity contribution in [2.24, 2.45) is 5.92 Å². The van der Waals surface area contributed by atoms with Crippen molar-refractivity contribution in [3.63, 3.8) is 0 Å². The van der Waals surface area contributed by atoms with E-state index in [-0.39, 0.29) is 22.9 Å². The molecule has 0 spiro atoms. The molecular weight excluding hydrogens is 464 g/mol. The summed E-state index contributed by atoms with van der Waals surface area (Å²) in [6.45, 7) is 2.11. The fraction of sp³-hybridized carbons (Fsp3) is 0.286. The topological polar surface area (TPSA) is 90.5 Å². The summed E-state index contributed by atoms with van der Waals surface area (Å²) in [6, 6.07) is 13.9. The number of carboxylic acid groups (broad SMARTS) is 1. The second kappa shape index (κ2) is 11.2. The van der Waals surface area contributed by atoms with E-state index >= 15 is 0 Å². The maximum atomic E-state index is 14.1. The Bertz CT molecular complexity index is 1260. The van der Waals surface area contributed by atoms with E-state index in [0.29, 0.717) is 22.9 Å². The maximum absolute atomic E-state index is 14.1. The highest BCUT2D eigenvalue weighted by Gasteiger charge is 2.25. The number of carbonyl (C=O) groups excluding carboxylic acids is 1. The van der Waals surface area contributed by atoms with E-state index in [9.17, 15) is 23.5 Å². The predicted molar refractivity (Wildman–Crippen MR) is 137 cm³/mol. The highest BCUT2D eigenvalue weighted by Crippen LogP contribution is 2.35. The molecule has 1 atom stereocenters. The normalized spacial score (nSPS) is 14.3. The Morgan fingerprint density at radius 2 is 1.67 bits per heavy atom. The van der Waals surface area contributed by atoms with Crippen molar-refractivity contribution in [3.8, 4) is 11.1 Å². The van der Waals surface area contributed by atoms with Crippen LogP contribution in [0, 0.1) is 17.6 Å². The van der Waals surface area contributed by atoms with E-state index in [1.165, 1.54) is 37.1 Å². The number of amides is 2. The zero-order valence-corrected chi connectivity index (χ0v) is 20.0. The van der Waals surface area contributed by atoms with Gasteiger partial charge in [-0.1, -0.05) is 38.0 Å². The first-order valence-corrected chi connectivity index (χ1v) is 12.1. The first-order valence-electron chi connectivity index (χ1n) is 12.1. The van der Waals surface area contributed by atoms with Crippen LogP contribution in [0.4, 0.5) is 30.6 Å². The Morgan fingerprint density at radius 3 is 2.36 bits per heavy atom. The highest BCUT2D eigenvalue weighted by molar-refractivity contribution is 6.03. The molecule has 0 aromatic heterocycles. The molecule has 1 aliphatic carbocycles. The van der Waals surface area contributed by atoms with Crippen LogP contribution in [0.5, 0.6) is 0 Å². The van der Waals surface area contributed by atoms with Gasteiger partial charge in [-0.2, -0.15) is 0 Å². The summed E-state index contributed by atoms with van der Waals surface area (Å²) >= 11 is 0. The van der Waals surface area contributed by atoms with Crippen molar-refractivity contribution in [1.29, 1.82) is 0 Å². The highest BCUT2D eigenvalue weighted by atomic mass is 19.1. The van der Waals surface area contributed by atoms with E-state index in [4.69, 9.17) is 0 Å². The Balaban J connectivity index is 1.69. The van der Waals surface area contributed by atoms with Crippen LogP contribution in [0.2, 0.25) is 0 Å². The van der Waals surface area contributed by atoms with Gasteiger partial charge in [0.25, 0.3) is 0 Å². The van der Waals surface area contributed by atoms with Gasteiger partial charge in [0.05, 0.1) is 22.6 Å². The monoisotopic (exact) mass is 493 g/mol. The van der Waals surface area contributed by atoms with Crippen LogP contribution in [0.15, 0.2) is 60.7 Å². The lowest BCUT2D eigenvalue weighted by Gasteiger charge is -2.26. The minimum Gasteiger partial charge on any atom is -0.478 e. The number of benzene rings is 3. The van der Waals surface area contributed by atoms with Crippen molar-refractivity contribution >= 4 is 29.1 Å². The average Bonchev–Trinajstić information content (AvgIpc) is 3.39. The van der Waals surface area contributed by atoms with Gasteiger partial charge in [-0.25, -0.2) is 18.4 Å². The Kier molecular flexibility index (Phi) is 7.83. The summed E-state index contributed by atoms with van der Waals surface area (Å²) < 4.78 is 28.1. The number of carboxylic acids is 1. The zero-order chi connectivity index (χ0) is 25.7. The van der Waals surface area contributed by atoms with Gasteiger partial charge in [-0.05, 0) is 78.8 Å². The van der Waals surface area contributed by atoms with E-state index in [2.05, 4.69) is 22.9 Å². The van der Waals surface area contributed by atoms with Crippen molar-refractivity contribution in [1.82, 2.24) is 0 Å². The molecule has 0 aliphatic heterocycles. The van der Waals surface area contributed by atoms with E-state index in [1.807, 2.05) is 0 Å². The minimum atomic E-state index is -1.19.